The average Bonchev–Trinajstić information content (AvgIpc) is 2.90. The van der Waals surface area contributed by atoms with Crippen LogP contribution in [0.25, 0.3) is 11.1 Å². The maximum Gasteiger partial charge on any atom is 0.326 e. The van der Waals surface area contributed by atoms with E-state index in [-0.39, 0.29) is 6.04 Å². The fourth-order valence-corrected chi connectivity index (χ4v) is 3.25. The molecule has 2 aromatic rings. The molecule has 1 heterocycles. The fraction of sp³-hybridized carbons (Fsp3) is 0.529. The number of aliphatic carboxylic acids is 1. The number of carbonyl (C=O) groups is 1. The highest BCUT2D eigenvalue weighted by atomic mass is 16.4. The number of carboxylic acid groups (broad SMARTS) is 1. The van der Waals surface area contributed by atoms with Gasteiger partial charge in [-0.25, -0.2) is 4.79 Å². The Morgan fingerprint density at radius 1 is 1.36 bits per heavy atom. The molecule has 0 saturated heterocycles. The van der Waals surface area contributed by atoms with Gasteiger partial charge in [-0.1, -0.05) is 25.3 Å². The summed E-state index contributed by atoms with van der Waals surface area (Å²) in [6.07, 6.45) is 5.48. The minimum absolute atomic E-state index is 0.189. The van der Waals surface area contributed by atoms with E-state index in [4.69, 9.17) is 4.42 Å². The lowest BCUT2D eigenvalue weighted by atomic mass is 9.93. The molecule has 3 rings (SSSR count). The van der Waals surface area contributed by atoms with Crippen LogP contribution in [0.4, 0.5) is 6.01 Å². The van der Waals surface area contributed by atoms with E-state index >= 15 is 0 Å². The van der Waals surface area contributed by atoms with Crippen molar-refractivity contribution in [3.63, 3.8) is 0 Å². The Labute approximate surface area is 129 Å². The lowest BCUT2D eigenvalue weighted by Gasteiger charge is -2.35. The summed E-state index contributed by atoms with van der Waals surface area (Å²) in [7, 11) is 0. The second-order valence-electron chi connectivity index (χ2n) is 6.18. The number of hydrogen-bond acceptors (Lipinski definition) is 4. The van der Waals surface area contributed by atoms with Gasteiger partial charge >= 0.3 is 5.97 Å². The van der Waals surface area contributed by atoms with Crippen molar-refractivity contribution in [1.82, 2.24) is 4.98 Å². The molecule has 0 bridgehead atoms. The molecule has 0 aliphatic heterocycles. The number of nitrogens with zero attached hydrogens (tertiary/aromatic N) is 2. The van der Waals surface area contributed by atoms with Gasteiger partial charge in [0.1, 0.15) is 11.6 Å². The first-order valence-corrected chi connectivity index (χ1v) is 7.94. The lowest BCUT2D eigenvalue weighted by Crippen LogP contribution is -2.47. The van der Waals surface area contributed by atoms with Crippen LogP contribution in [0.15, 0.2) is 22.6 Å². The SMILES string of the molecule is Cc1ccc2oc(N(C3CCCCC3)[C@@H](C)C(=O)O)nc2c1. The lowest BCUT2D eigenvalue weighted by molar-refractivity contribution is -0.138. The van der Waals surface area contributed by atoms with Gasteiger partial charge in [0.05, 0.1) is 0 Å². The monoisotopic (exact) mass is 302 g/mol. The Bertz CT molecular complexity index is 674. The molecule has 1 aromatic heterocycles. The van der Waals surface area contributed by atoms with Gasteiger partial charge in [-0.15, -0.1) is 0 Å². The first-order valence-electron chi connectivity index (χ1n) is 7.94. The molecule has 5 heteroatoms. The molecule has 5 nitrogen and oxygen atoms in total. The van der Waals surface area contributed by atoms with Crippen LogP contribution in [0.3, 0.4) is 0 Å². The van der Waals surface area contributed by atoms with Crippen LogP contribution in [0, 0.1) is 6.92 Å². The van der Waals surface area contributed by atoms with Crippen LogP contribution in [-0.2, 0) is 4.79 Å². The summed E-state index contributed by atoms with van der Waals surface area (Å²) in [4.78, 5) is 17.9. The van der Waals surface area contributed by atoms with Crippen molar-refractivity contribution in [1.29, 1.82) is 0 Å². The van der Waals surface area contributed by atoms with Crippen molar-refractivity contribution in [2.24, 2.45) is 0 Å². The molecule has 0 spiro atoms. The van der Waals surface area contributed by atoms with Crippen molar-refractivity contribution in [3.8, 4) is 0 Å². The third-order valence-corrected chi connectivity index (χ3v) is 4.50. The van der Waals surface area contributed by atoms with E-state index < -0.39 is 12.0 Å². The van der Waals surface area contributed by atoms with Crippen molar-refractivity contribution in [2.45, 2.75) is 58.0 Å². The van der Waals surface area contributed by atoms with Crippen LogP contribution >= 0.6 is 0 Å². The fourth-order valence-electron chi connectivity index (χ4n) is 3.25. The van der Waals surface area contributed by atoms with Crippen molar-refractivity contribution in [2.75, 3.05) is 4.90 Å². The van der Waals surface area contributed by atoms with Gasteiger partial charge < -0.3 is 14.4 Å². The standard InChI is InChI=1S/C17H22N2O3/c1-11-8-9-15-14(10-11)18-17(22-15)19(12(2)16(20)21)13-6-4-3-5-7-13/h8-10,12-13H,3-7H2,1-2H3,(H,20,21)/t12-/m0/s1. The zero-order valence-electron chi connectivity index (χ0n) is 13.1. The summed E-state index contributed by atoms with van der Waals surface area (Å²) in [5.41, 5.74) is 2.61. The third-order valence-electron chi connectivity index (χ3n) is 4.50. The number of anilines is 1. The summed E-state index contributed by atoms with van der Waals surface area (Å²) < 4.78 is 5.86. The topological polar surface area (TPSA) is 66.6 Å². The van der Waals surface area contributed by atoms with Gasteiger partial charge in [0.2, 0.25) is 0 Å². The van der Waals surface area contributed by atoms with Gasteiger partial charge in [0, 0.05) is 6.04 Å². The summed E-state index contributed by atoms with van der Waals surface area (Å²) in [5.74, 6) is -0.844. The van der Waals surface area contributed by atoms with Gasteiger partial charge in [-0.3, -0.25) is 0 Å². The van der Waals surface area contributed by atoms with E-state index in [1.807, 2.05) is 30.0 Å². The van der Waals surface area contributed by atoms with E-state index in [9.17, 15) is 9.90 Å². The van der Waals surface area contributed by atoms with Crippen LogP contribution in [0.5, 0.6) is 0 Å². The van der Waals surface area contributed by atoms with Crippen LogP contribution in [0.2, 0.25) is 0 Å². The largest absolute Gasteiger partial charge is 0.480 e. The quantitative estimate of drug-likeness (QED) is 0.931. The molecule has 118 valence electrons. The predicted octanol–water partition coefficient (Wildman–Crippen LogP) is 3.75. The molecule has 1 fully saturated rings. The zero-order valence-corrected chi connectivity index (χ0v) is 13.1. The molecule has 22 heavy (non-hydrogen) atoms. The third kappa shape index (κ3) is 2.80. The number of rotatable bonds is 4. The minimum Gasteiger partial charge on any atom is -0.480 e. The van der Waals surface area contributed by atoms with Gasteiger partial charge in [-0.05, 0) is 44.4 Å². The summed E-state index contributed by atoms with van der Waals surface area (Å²) in [6, 6.07) is 5.81. The van der Waals surface area contributed by atoms with Crippen molar-refractivity contribution >= 4 is 23.1 Å². The molecule has 1 saturated carbocycles. The number of benzene rings is 1. The molecular weight excluding hydrogens is 280 g/mol. The van der Waals surface area contributed by atoms with E-state index in [0.717, 1.165) is 36.8 Å². The van der Waals surface area contributed by atoms with Gasteiger partial charge in [0.25, 0.3) is 6.01 Å². The molecule has 0 unspecified atom stereocenters. The zero-order chi connectivity index (χ0) is 15.7. The van der Waals surface area contributed by atoms with Crippen LogP contribution in [0.1, 0.15) is 44.6 Å². The Morgan fingerprint density at radius 3 is 2.77 bits per heavy atom. The predicted molar refractivity (Wildman–Crippen MR) is 85.2 cm³/mol. The Balaban J connectivity index is 2.00. The highest BCUT2D eigenvalue weighted by Gasteiger charge is 2.32. The Kier molecular flexibility index (Phi) is 4.05. The average molecular weight is 302 g/mol. The van der Waals surface area contributed by atoms with E-state index in [0.29, 0.717) is 11.6 Å². The molecule has 1 aliphatic rings. The molecule has 1 aromatic carbocycles. The first kappa shape index (κ1) is 14.9. The normalized spacial score (nSPS) is 17.5. The number of aromatic nitrogens is 1. The highest BCUT2D eigenvalue weighted by molar-refractivity contribution is 5.79. The second-order valence-corrected chi connectivity index (χ2v) is 6.18. The van der Waals surface area contributed by atoms with Crippen LogP contribution < -0.4 is 4.90 Å². The van der Waals surface area contributed by atoms with Gasteiger partial charge in [0.15, 0.2) is 5.58 Å². The van der Waals surface area contributed by atoms with Crippen LogP contribution in [-0.4, -0.2) is 28.1 Å². The molecule has 0 amide bonds. The highest BCUT2D eigenvalue weighted by Crippen LogP contribution is 2.31. The van der Waals surface area contributed by atoms with Crippen molar-refractivity contribution < 1.29 is 14.3 Å². The molecule has 1 atom stereocenters. The van der Waals surface area contributed by atoms with E-state index in [1.54, 1.807) is 6.92 Å². The smallest absolute Gasteiger partial charge is 0.326 e. The van der Waals surface area contributed by atoms with E-state index in [2.05, 4.69) is 4.98 Å². The van der Waals surface area contributed by atoms with Gasteiger partial charge in [-0.2, -0.15) is 4.98 Å². The number of aryl methyl sites for hydroxylation is 1. The Morgan fingerprint density at radius 2 is 2.09 bits per heavy atom. The Hall–Kier alpha value is -2.04. The first-order chi connectivity index (χ1) is 10.6. The molecule has 0 radical (unpaired) electrons. The maximum atomic E-state index is 11.5. The number of hydrogen-bond donors (Lipinski definition) is 1. The summed E-state index contributed by atoms with van der Waals surface area (Å²) in [6.45, 7) is 3.71. The van der Waals surface area contributed by atoms with E-state index in [1.165, 1.54) is 6.42 Å². The number of fused-ring (bicyclic) bond motifs is 1. The summed E-state index contributed by atoms with van der Waals surface area (Å²) >= 11 is 0. The number of carboxylic acids is 1. The maximum absolute atomic E-state index is 11.5. The van der Waals surface area contributed by atoms with Crippen molar-refractivity contribution in [3.05, 3.63) is 23.8 Å². The molecular formula is C17H22N2O3. The molecule has 1 N–H and O–H groups in total. The number of oxazole rings is 1. The molecule has 1 aliphatic carbocycles. The summed E-state index contributed by atoms with van der Waals surface area (Å²) in [5, 5.41) is 9.45. The second kappa shape index (κ2) is 5.99. The minimum atomic E-state index is -0.844.